The van der Waals surface area contributed by atoms with Gasteiger partial charge in [-0.1, -0.05) is 105 Å². The van der Waals surface area contributed by atoms with Gasteiger partial charge in [-0.3, -0.25) is 0 Å². The van der Waals surface area contributed by atoms with Crippen LogP contribution in [-0.2, 0) is 40.1 Å². The fourth-order valence-electron chi connectivity index (χ4n) is 8.82. The number of fused-ring (bicyclic) bond motifs is 2. The number of aryl methyl sites for hydroxylation is 2. The predicted octanol–water partition coefficient (Wildman–Crippen LogP) is 10.4. The Labute approximate surface area is 480 Å². The zero-order valence-electron chi connectivity index (χ0n) is 44.2. The van der Waals surface area contributed by atoms with E-state index in [0.29, 0.717) is 69.7 Å². The van der Waals surface area contributed by atoms with Crippen LogP contribution in [0.2, 0.25) is 5.02 Å². The summed E-state index contributed by atoms with van der Waals surface area (Å²) in [6.07, 6.45) is 6.03. The van der Waals surface area contributed by atoms with Crippen LogP contribution >= 0.6 is 34.3 Å². The van der Waals surface area contributed by atoms with Gasteiger partial charge in [-0.2, -0.15) is 31.3 Å². The van der Waals surface area contributed by atoms with Crippen LogP contribution in [0, 0.1) is 13.8 Å². The van der Waals surface area contributed by atoms with E-state index < -0.39 is 47.2 Å². The minimum absolute atomic E-state index is 0.112. The smallest absolute Gasteiger partial charge is 0.423 e. The van der Waals surface area contributed by atoms with Crippen LogP contribution in [0.3, 0.4) is 0 Å². The molecule has 0 bridgehead atoms. The second-order valence-electron chi connectivity index (χ2n) is 18.0. The van der Waals surface area contributed by atoms with Crippen LogP contribution in [0.15, 0.2) is 187 Å². The maximum absolute atomic E-state index is 13.8. The highest BCUT2D eigenvalue weighted by Crippen LogP contribution is 2.41. The Kier molecular flexibility index (Phi) is 18.5. The Balaban J connectivity index is 0.000000185. The number of halogens is 1. The van der Waals surface area contributed by atoms with Gasteiger partial charge in [0.2, 0.25) is 20.0 Å². The largest absolute Gasteiger partial charge is 0.489 e. The van der Waals surface area contributed by atoms with Crippen LogP contribution in [0.5, 0.6) is 0 Å². The van der Waals surface area contributed by atoms with E-state index in [2.05, 4.69) is 9.97 Å². The summed E-state index contributed by atoms with van der Waals surface area (Å²) in [5.41, 5.74) is 6.81. The first-order chi connectivity index (χ1) is 38.1. The van der Waals surface area contributed by atoms with E-state index in [1.807, 2.05) is 36.7 Å². The van der Waals surface area contributed by atoms with Crippen molar-refractivity contribution < 1.29 is 43.7 Å². The molecule has 10 aromatic rings. The van der Waals surface area contributed by atoms with Gasteiger partial charge in [-0.25, -0.2) is 51.6 Å². The molecule has 16 nitrogen and oxygen atoms in total. The molecule has 6 heterocycles. The molecule has 6 aromatic heterocycles. The number of pyridine rings is 2. The number of sulfonamides is 2. The second kappa shape index (κ2) is 24.8. The van der Waals surface area contributed by atoms with E-state index in [4.69, 9.17) is 21.6 Å². The first-order valence-corrected chi connectivity index (χ1v) is 33.0. The summed E-state index contributed by atoms with van der Waals surface area (Å²) >= 11 is 9.48. The fraction of sp³-hybridized carbons (Fsp3) is 0.179. The zero-order chi connectivity index (χ0) is 57.7. The molecule has 0 amide bonds. The van der Waals surface area contributed by atoms with E-state index in [0.717, 1.165) is 26.2 Å². The van der Waals surface area contributed by atoms with Crippen LogP contribution < -0.4 is 5.46 Å². The Bertz CT molecular complexity index is 4260. The van der Waals surface area contributed by atoms with Crippen molar-refractivity contribution >= 4 is 109 Å². The van der Waals surface area contributed by atoms with Gasteiger partial charge in [0.15, 0.2) is 11.3 Å². The van der Waals surface area contributed by atoms with Gasteiger partial charge >= 0.3 is 7.12 Å². The molecular weight excluding hydrogens is 1160 g/mol. The predicted molar refractivity (Wildman–Crippen MR) is 321 cm³/mol. The van der Waals surface area contributed by atoms with Gasteiger partial charge in [0.05, 0.1) is 24.6 Å². The average Bonchev–Trinajstić information content (AvgIpc) is 4.51. The SMILES string of the molecule is CCN(CC)S(=O)(=O)c1cccc(-c2cn(S(=O)(=O)c3ccc(C)cc3)c3nccc(-c4ccsc4)c23)c1.CCN(CC)S(=O)(=O)c1cccc(-c2cn(S(=O)(=O)c3ccc(C)cc3)c3nccc(Cl)c23)c1.OB(O)c1ccsc1. The second-order valence-corrected chi connectivity index (χ2v) is 27.5. The molecule has 10 rings (SSSR count). The normalized spacial score (nSPS) is 12.1. The lowest BCUT2D eigenvalue weighted by Gasteiger charge is -2.18. The number of hydrogen-bond donors (Lipinski definition) is 2. The van der Waals surface area contributed by atoms with Crippen molar-refractivity contribution in [1.82, 2.24) is 26.5 Å². The summed E-state index contributed by atoms with van der Waals surface area (Å²) in [4.78, 5) is 9.32. The van der Waals surface area contributed by atoms with Crippen LogP contribution in [0.4, 0.5) is 0 Å². The molecule has 2 N–H and O–H groups in total. The minimum Gasteiger partial charge on any atom is -0.423 e. The number of rotatable bonds is 16. The first-order valence-electron chi connectivity index (χ1n) is 25.0. The van der Waals surface area contributed by atoms with Crippen molar-refractivity contribution in [3.63, 3.8) is 0 Å². The molecule has 0 aliphatic rings. The molecule has 416 valence electrons. The molecule has 0 fully saturated rings. The molecule has 0 saturated heterocycles. The van der Waals surface area contributed by atoms with Gasteiger partial charge in [0.25, 0.3) is 20.0 Å². The Morgan fingerprint density at radius 1 is 0.512 bits per heavy atom. The van der Waals surface area contributed by atoms with Gasteiger partial charge in [-0.05, 0) is 130 Å². The topological polar surface area (TPSA) is 219 Å². The van der Waals surface area contributed by atoms with Crippen molar-refractivity contribution in [1.29, 1.82) is 0 Å². The highest BCUT2D eigenvalue weighted by Gasteiger charge is 2.29. The fourth-order valence-corrected chi connectivity index (χ4v) is 16.0. The van der Waals surface area contributed by atoms with Crippen LogP contribution in [0.1, 0.15) is 38.8 Å². The summed E-state index contributed by atoms with van der Waals surface area (Å²) < 4.78 is 112. The molecule has 0 aliphatic carbocycles. The van der Waals surface area contributed by atoms with Gasteiger partial charge in [0.1, 0.15) is 0 Å². The summed E-state index contributed by atoms with van der Waals surface area (Å²) in [6, 6.07) is 33.3. The number of thiophene rings is 2. The van der Waals surface area contributed by atoms with Crippen molar-refractivity contribution in [2.75, 3.05) is 26.2 Å². The Hall–Kier alpha value is -6.35. The van der Waals surface area contributed by atoms with Gasteiger partial charge in [0, 0.05) is 72.9 Å². The lowest BCUT2D eigenvalue weighted by atomic mass is 9.83. The molecule has 0 unspecified atom stereocenters. The molecule has 24 heteroatoms. The third-order valence-corrected chi connectivity index (χ3v) is 22.2. The molecule has 0 radical (unpaired) electrons. The zero-order valence-corrected chi connectivity index (χ0v) is 49.9. The van der Waals surface area contributed by atoms with E-state index in [9.17, 15) is 33.7 Å². The van der Waals surface area contributed by atoms with Crippen molar-refractivity contribution in [2.24, 2.45) is 0 Å². The lowest BCUT2D eigenvalue weighted by molar-refractivity contribution is 0.426. The first kappa shape index (κ1) is 59.8. The van der Waals surface area contributed by atoms with E-state index in [1.165, 1.54) is 71.9 Å². The van der Waals surface area contributed by atoms with E-state index in [-0.39, 0.29) is 30.9 Å². The third kappa shape index (κ3) is 12.1. The molecule has 0 spiro atoms. The molecule has 0 aliphatic heterocycles. The summed E-state index contributed by atoms with van der Waals surface area (Å²) in [6.45, 7) is 12.3. The minimum atomic E-state index is -3.98. The number of hydrogen-bond acceptors (Lipinski definition) is 14. The van der Waals surface area contributed by atoms with Crippen molar-refractivity contribution in [3.05, 3.63) is 184 Å². The van der Waals surface area contributed by atoms with Gasteiger partial charge in [-0.15, -0.1) is 0 Å². The number of aromatic nitrogens is 4. The molecule has 0 saturated carbocycles. The highest BCUT2D eigenvalue weighted by atomic mass is 35.5. The van der Waals surface area contributed by atoms with Crippen LogP contribution in [0.25, 0.3) is 55.4 Å². The monoisotopic (exact) mass is 1210 g/mol. The average molecular weight is 1210 g/mol. The molecule has 80 heavy (non-hydrogen) atoms. The highest BCUT2D eigenvalue weighted by molar-refractivity contribution is 7.90. The van der Waals surface area contributed by atoms with E-state index in [1.54, 1.807) is 136 Å². The molecule has 4 aromatic carbocycles. The summed E-state index contributed by atoms with van der Waals surface area (Å²) in [7, 11) is -16.7. The van der Waals surface area contributed by atoms with Gasteiger partial charge < -0.3 is 10.0 Å². The van der Waals surface area contributed by atoms with Crippen molar-refractivity contribution in [2.45, 2.75) is 61.1 Å². The lowest BCUT2D eigenvalue weighted by Crippen LogP contribution is -2.30. The molecule has 0 atom stereocenters. The molecular formula is C56H56BClN6O10S6. The maximum Gasteiger partial charge on any atom is 0.489 e. The van der Waals surface area contributed by atoms with E-state index >= 15 is 0 Å². The van der Waals surface area contributed by atoms with Crippen LogP contribution in [-0.4, -0.2) is 104 Å². The maximum atomic E-state index is 13.8. The Morgan fingerprint density at radius 2 is 0.950 bits per heavy atom. The standard InChI is InChI=1S/C28H27N3O4S3.C24H24ClN3O4S2.C4H5BO2S/c1-4-30(5-2)37(32,33)24-8-6-7-21(17-24)26-18-31(38(34,35)23-11-9-20(3)10-12-23)28-27(26)25(13-15-29-28)22-14-16-36-19-22;1-4-27(5-2)33(29,30)20-8-6-7-18(15-20)21-16-28(24-23(21)22(25)13-14-26-24)34(31,32)19-11-9-17(3)10-12-19;6-5(7)4-1-2-8-3-4/h6-19H,4-5H2,1-3H3;6-16H,4-5H2,1-3H3;1-3,6-7H. The summed E-state index contributed by atoms with van der Waals surface area (Å²) in [5.74, 6) is 0. The number of nitrogens with zero attached hydrogens (tertiary/aromatic N) is 6. The number of benzene rings is 4. The third-order valence-electron chi connectivity index (χ3n) is 13.1. The quantitative estimate of drug-likeness (QED) is 0.0864. The van der Waals surface area contributed by atoms with Crippen molar-refractivity contribution in [3.8, 4) is 33.4 Å². The Morgan fingerprint density at radius 3 is 1.36 bits per heavy atom. The summed E-state index contributed by atoms with van der Waals surface area (Å²) in [5, 5.41) is 25.8.